The number of halogens is 1. The van der Waals surface area contributed by atoms with E-state index in [1.54, 1.807) is 24.3 Å². The molecule has 0 saturated heterocycles. The molecule has 0 unspecified atom stereocenters. The van der Waals surface area contributed by atoms with Gasteiger partial charge in [-0.3, -0.25) is 4.79 Å². The van der Waals surface area contributed by atoms with Crippen molar-refractivity contribution < 1.29 is 4.79 Å². The van der Waals surface area contributed by atoms with E-state index < -0.39 is 0 Å². The van der Waals surface area contributed by atoms with Crippen molar-refractivity contribution in [2.24, 2.45) is 5.41 Å². The lowest BCUT2D eigenvalue weighted by Crippen LogP contribution is -2.35. The van der Waals surface area contributed by atoms with Crippen LogP contribution >= 0.6 is 12.4 Å². The number of carbonyl (C=O) groups is 1. The third-order valence-electron chi connectivity index (χ3n) is 3.40. The average Bonchev–Trinajstić information content (AvgIpc) is 2.45. The molecular weight excluding hydrogens is 296 g/mol. The third kappa shape index (κ3) is 5.41. The summed E-state index contributed by atoms with van der Waals surface area (Å²) < 4.78 is 0. The van der Waals surface area contributed by atoms with Crippen LogP contribution in [0.4, 0.5) is 5.69 Å². The largest absolute Gasteiger partial charge is 0.399 e. The highest BCUT2D eigenvalue weighted by Gasteiger charge is 2.19. The number of hydrogen-bond donors (Lipinski definition) is 2. The second-order valence-corrected chi connectivity index (χ2v) is 6.13. The van der Waals surface area contributed by atoms with Crippen molar-refractivity contribution in [2.75, 3.05) is 12.3 Å². The zero-order valence-electron chi connectivity index (χ0n) is 13.0. The Morgan fingerprint density at radius 3 is 2.41 bits per heavy atom. The lowest BCUT2D eigenvalue weighted by molar-refractivity contribution is 0.0936. The van der Waals surface area contributed by atoms with Crippen molar-refractivity contribution in [1.29, 1.82) is 0 Å². The smallest absolute Gasteiger partial charge is 0.251 e. The van der Waals surface area contributed by atoms with E-state index in [0.29, 0.717) is 17.8 Å². The van der Waals surface area contributed by atoms with Crippen LogP contribution in [0.5, 0.6) is 0 Å². The molecule has 0 atom stereocenters. The quantitative estimate of drug-likeness (QED) is 0.826. The number of benzene rings is 2. The Kier molecular flexibility index (Phi) is 6.44. The lowest BCUT2D eigenvalue weighted by atomic mass is 9.85. The van der Waals surface area contributed by atoms with E-state index in [4.69, 9.17) is 5.73 Å². The van der Waals surface area contributed by atoms with Crippen molar-refractivity contribution in [3.63, 3.8) is 0 Å². The van der Waals surface area contributed by atoms with Crippen molar-refractivity contribution >= 4 is 24.0 Å². The van der Waals surface area contributed by atoms with Crippen LogP contribution in [0.1, 0.15) is 29.8 Å². The first-order chi connectivity index (χ1) is 9.96. The van der Waals surface area contributed by atoms with Gasteiger partial charge >= 0.3 is 0 Å². The van der Waals surface area contributed by atoms with Crippen LogP contribution in [0, 0.1) is 5.41 Å². The number of amides is 1. The Morgan fingerprint density at radius 2 is 1.77 bits per heavy atom. The summed E-state index contributed by atoms with van der Waals surface area (Å²) >= 11 is 0. The summed E-state index contributed by atoms with van der Waals surface area (Å²) in [5.41, 5.74) is 8.18. The van der Waals surface area contributed by atoms with E-state index in [1.165, 1.54) is 5.56 Å². The molecular formula is C18H23ClN2O. The number of nitrogen functional groups attached to an aromatic ring is 1. The van der Waals surface area contributed by atoms with Gasteiger partial charge < -0.3 is 11.1 Å². The second-order valence-electron chi connectivity index (χ2n) is 6.13. The highest BCUT2D eigenvalue weighted by molar-refractivity contribution is 5.95. The summed E-state index contributed by atoms with van der Waals surface area (Å²) in [4.78, 5) is 12.1. The SMILES string of the molecule is CC(C)(CNC(=O)c1cccc(N)c1)Cc1ccccc1.Cl. The van der Waals surface area contributed by atoms with Crippen LogP contribution in [-0.4, -0.2) is 12.5 Å². The topological polar surface area (TPSA) is 55.1 Å². The van der Waals surface area contributed by atoms with Crippen LogP contribution in [0.25, 0.3) is 0 Å². The van der Waals surface area contributed by atoms with Gasteiger partial charge in [0.05, 0.1) is 0 Å². The molecule has 4 heteroatoms. The van der Waals surface area contributed by atoms with Crippen molar-refractivity contribution in [1.82, 2.24) is 5.32 Å². The average molecular weight is 319 g/mol. The number of hydrogen-bond acceptors (Lipinski definition) is 2. The minimum Gasteiger partial charge on any atom is -0.399 e. The first-order valence-corrected chi connectivity index (χ1v) is 7.14. The molecule has 0 heterocycles. The molecule has 2 rings (SSSR count). The molecule has 0 aliphatic heterocycles. The van der Waals surface area contributed by atoms with E-state index in [0.717, 1.165) is 6.42 Å². The van der Waals surface area contributed by atoms with E-state index in [9.17, 15) is 4.79 Å². The monoisotopic (exact) mass is 318 g/mol. The van der Waals surface area contributed by atoms with Gasteiger partial charge in [-0.2, -0.15) is 0 Å². The highest BCUT2D eigenvalue weighted by atomic mass is 35.5. The normalized spacial score (nSPS) is 10.6. The molecule has 0 aliphatic rings. The summed E-state index contributed by atoms with van der Waals surface area (Å²) in [5.74, 6) is -0.0802. The van der Waals surface area contributed by atoms with Gasteiger partial charge in [0.25, 0.3) is 5.91 Å². The molecule has 0 spiro atoms. The first-order valence-electron chi connectivity index (χ1n) is 7.14. The summed E-state index contributed by atoms with van der Waals surface area (Å²) in [6.45, 7) is 4.93. The summed E-state index contributed by atoms with van der Waals surface area (Å²) in [7, 11) is 0. The molecule has 0 fully saturated rings. The number of anilines is 1. The second kappa shape index (κ2) is 7.85. The molecule has 0 saturated carbocycles. The Morgan fingerprint density at radius 1 is 1.09 bits per heavy atom. The van der Waals surface area contributed by atoms with Crippen LogP contribution in [0.3, 0.4) is 0 Å². The number of nitrogens with two attached hydrogens (primary N) is 1. The Balaban J connectivity index is 0.00000242. The van der Waals surface area contributed by atoms with Crippen LogP contribution in [0.2, 0.25) is 0 Å². The van der Waals surface area contributed by atoms with Gasteiger partial charge in [-0.15, -0.1) is 12.4 Å². The maximum Gasteiger partial charge on any atom is 0.251 e. The fourth-order valence-electron chi connectivity index (χ4n) is 2.31. The predicted octanol–water partition coefficient (Wildman–Crippen LogP) is 3.69. The fourth-order valence-corrected chi connectivity index (χ4v) is 2.31. The molecule has 118 valence electrons. The van der Waals surface area contributed by atoms with Crippen molar-refractivity contribution in [3.8, 4) is 0 Å². The minimum atomic E-state index is -0.0802. The molecule has 2 aromatic rings. The van der Waals surface area contributed by atoms with Gasteiger partial charge in [-0.05, 0) is 35.6 Å². The zero-order chi connectivity index (χ0) is 15.3. The summed E-state index contributed by atoms with van der Waals surface area (Å²) in [6, 6.07) is 17.3. The summed E-state index contributed by atoms with van der Waals surface area (Å²) in [6.07, 6.45) is 0.922. The molecule has 0 radical (unpaired) electrons. The molecule has 0 bridgehead atoms. The van der Waals surface area contributed by atoms with Gasteiger partial charge in [-0.25, -0.2) is 0 Å². The number of rotatable bonds is 5. The van der Waals surface area contributed by atoms with Gasteiger partial charge in [0.2, 0.25) is 0 Å². The van der Waals surface area contributed by atoms with E-state index in [-0.39, 0.29) is 23.7 Å². The predicted molar refractivity (Wildman–Crippen MR) is 94.4 cm³/mol. The van der Waals surface area contributed by atoms with E-state index in [1.807, 2.05) is 18.2 Å². The third-order valence-corrected chi connectivity index (χ3v) is 3.40. The molecule has 0 aromatic heterocycles. The van der Waals surface area contributed by atoms with E-state index in [2.05, 4.69) is 31.3 Å². The van der Waals surface area contributed by atoms with Crippen molar-refractivity contribution in [3.05, 3.63) is 65.7 Å². The molecule has 2 aromatic carbocycles. The van der Waals surface area contributed by atoms with Gasteiger partial charge in [0, 0.05) is 17.8 Å². The molecule has 1 amide bonds. The first kappa shape index (κ1) is 18.1. The minimum absolute atomic E-state index is 0. The molecule has 22 heavy (non-hydrogen) atoms. The standard InChI is InChI=1S/C18H22N2O.ClH/c1-18(2,12-14-7-4-3-5-8-14)13-20-17(21)15-9-6-10-16(19)11-15;/h3-11H,12-13,19H2,1-2H3,(H,20,21);1H. The zero-order valence-corrected chi connectivity index (χ0v) is 13.8. The van der Waals surface area contributed by atoms with Crippen LogP contribution < -0.4 is 11.1 Å². The van der Waals surface area contributed by atoms with Crippen molar-refractivity contribution in [2.45, 2.75) is 20.3 Å². The number of nitrogens with one attached hydrogen (secondary N) is 1. The van der Waals surface area contributed by atoms with Gasteiger partial charge in [0.1, 0.15) is 0 Å². The maximum atomic E-state index is 12.1. The Labute approximate surface area is 138 Å². The Bertz CT molecular complexity index is 611. The van der Waals surface area contributed by atoms with Crippen LogP contribution in [0.15, 0.2) is 54.6 Å². The molecule has 0 aliphatic carbocycles. The number of carbonyl (C=O) groups excluding carboxylic acids is 1. The maximum absolute atomic E-state index is 12.1. The lowest BCUT2D eigenvalue weighted by Gasteiger charge is -2.25. The fraction of sp³-hybridized carbons (Fsp3) is 0.278. The van der Waals surface area contributed by atoms with Crippen LogP contribution in [-0.2, 0) is 6.42 Å². The Hall–Kier alpha value is -2.00. The van der Waals surface area contributed by atoms with E-state index >= 15 is 0 Å². The summed E-state index contributed by atoms with van der Waals surface area (Å²) in [5, 5.41) is 2.99. The van der Waals surface area contributed by atoms with Gasteiger partial charge in [-0.1, -0.05) is 50.2 Å². The molecule has 3 nitrogen and oxygen atoms in total. The van der Waals surface area contributed by atoms with Gasteiger partial charge in [0.15, 0.2) is 0 Å². The highest BCUT2D eigenvalue weighted by Crippen LogP contribution is 2.21. The molecule has 3 N–H and O–H groups in total.